The molecule has 0 saturated carbocycles. The third-order valence-corrected chi connectivity index (χ3v) is 3.83. The van der Waals surface area contributed by atoms with Gasteiger partial charge in [-0.05, 0) is 30.2 Å². The van der Waals surface area contributed by atoms with E-state index in [4.69, 9.17) is 0 Å². The summed E-state index contributed by atoms with van der Waals surface area (Å²) in [5.41, 5.74) is 3.84. The van der Waals surface area contributed by atoms with Crippen molar-refractivity contribution < 1.29 is 9.59 Å². The SMILES string of the molecule is CC(=O)c1cccc(NC(=O)CN2Cc3ccccc3C2)c1. The second kappa shape index (κ2) is 6.12. The third-order valence-electron chi connectivity index (χ3n) is 3.83. The van der Waals surface area contributed by atoms with Crippen LogP contribution in [-0.4, -0.2) is 23.1 Å². The van der Waals surface area contributed by atoms with Crippen LogP contribution in [0.2, 0.25) is 0 Å². The molecule has 2 aromatic carbocycles. The van der Waals surface area contributed by atoms with Gasteiger partial charge in [0.15, 0.2) is 5.78 Å². The molecular formula is C18H18N2O2. The minimum atomic E-state index is -0.0616. The third kappa shape index (κ3) is 3.23. The topological polar surface area (TPSA) is 49.4 Å². The van der Waals surface area contributed by atoms with Crippen molar-refractivity contribution in [1.82, 2.24) is 4.90 Å². The van der Waals surface area contributed by atoms with Gasteiger partial charge in [0.05, 0.1) is 6.54 Å². The summed E-state index contributed by atoms with van der Waals surface area (Å²) < 4.78 is 0. The van der Waals surface area contributed by atoms with E-state index in [-0.39, 0.29) is 11.7 Å². The number of ketones is 1. The molecule has 1 N–H and O–H groups in total. The molecule has 4 heteroatoms. The van der Waals surface area contributed by atoms with Gasteiger partial charge in [-0.1, -0.05) is 36.4 Å². The first-order valence-electron chi connectivity index (χ1n) is 7.32. The zero-order chi connectivity index (χ0) is 15.5. The van der Waals surface area contributed by atoms with Crippen LogP contribution >= 0.6 is 0 Å². The standard InChI is InChI=1S/C18H18N2O2/c1-13(21)14-7-4-8-17(9-14)19-18(22)12-20-10-15-5-2-3-6-16(15)11-20/h2-9H,10-12H2,1H3,(H,19,22). The van der Waals surface area contributed by atoms with Crippen molar-refractivity contribution in [3.05, 3.63) is 65.2 Å². The van der Waals surface area contributed by atoms with Gasteiger partial charge in [0.25, 0.3) is 0 Å². The monoisotopic (exact) mass is 294 g/mol. The molecular weight excluding hydrogens is 276 g/mol. The molecule has 0 saturated heterocycles. The second-order valence-corrected chi connectivity index (χ2v) is 5.60. The molecule has 1 aliphatic heterocycles. The van der Waals surface area contributed by atoms with Crippen LogP contribution in [0.1, 0.15) is 28.4 Å². The fourth-order valence-corrected chi connectivity index (χ4v) is 2.74. The van der Waals surface area contributed by atoms with Gasteiger partial charge in [0.1, 0.15) is 0 Å². The smallest absolute Gasteiger partial charge is 0.238 e. The minimum Gasteiger partial charge on any atom is -0.325 e. The summed E-state index contributed by atoms with van der Waals surface area (Å²) in [5, 5.41) is 2.86. The Morgan fingerprint density at radius 3 is 2.36 bits per heavy atom. The molecule has 3 rings (SSSR count). The number of hydrogen-bond donors (Lipinski definition) is 1. The van der Waals surface area contributed by atoms with Gasteiger partial charge in [-0.15, -0.1) is 0 Å². The summed E-state index contributed by atoms with van der Waals surface area (Å²) in [4.78, 5) is 25.6. The normalized spacial score (nSPS) is 13.7. The molecule has 0 radical (unpaired) electrons. The van der Waals surface area contributed by atoms with Gasteiger partial charge >= 0.3 is 0 Å². The summed E-state index contributed by atoms with van der Waals surface area (Å²) in [7, 11) is 0. The average molecular weight is 294 g/mol. The lowest BCUT2D eigenvalue weighted by Crippen LogP contribution is -2.29. The largest absolute Gasteiger partial charge is 0.325 e. The number of carbonyl (C=O) groups is 2. The zero-order valence-corrected chi connectivity index (χ0v) is 12.5. The fraction of sp³-hybridized carbons (Fsp3) is 0.222. The molecule has 1 aliphatic rings. The van der Waals surface area contributed by atoms with Crippen LogP contribution in [-0.2, 0) is 17.9 Å². The number of nitrogens with zero attached hydrogens (tertiary/aromatic N) is 1. The summed E-state index contributed by atoms with van der Waals surface area (Å²) in [6.07, 6.45) is 0. The van der Waals surface area contributed by atoms with E-state index in [1.54, 1.807) is 24.3 Å². The second-order valence-electron chi connectivity index (χ2n) is 5.60. The van der Waals surface area contributed by atoms with Gasteiger partial charge in [-0.3, -0.25) is 14.5 Å². The Hall–Kier alpha value is -2.46. The van der Waals surface area contributed by atoms with Crippen LogP contribution in [0.4, 0.5) is 5.69 Å². The average Bonchev–Trinajstić information content (AvgIpc) is 2.89. The molecule has 0 aliphatic carbocycles. The van der Waals surface area contributed by atoms with Crippen molar-refractivity contribution in [2.45, 2.75) is 20.0 Å². The molecule has 1 heterocycles. The van der Waals surface area contributed by atoms with Gasteiger partial charge in [-0.2, -0.15) is 0 Å². The number of rotatable bonds is 4. The Kier molecular flexibility index (Phi) is 4.02. The van der Waals surface area contributed by atoms with Crippen LogP contribution < -0.4 is 5.32 Å². The van der Waals surface area contributed by atoms with Crippen molar-refractivity contribution in [3.63, 3.8) is 0 Å². The predicted octanol–water partition coefficient (Wildman–Crippen LogP) is 2.84. The summed E-state index contributed by atoms with van der Waals surface area (Å²) >= 11 is 0. The van der Waals surface area contributed by atoms with E-state index in [0.717, 1.165) is 13.1 Å². The van der Waals surface area contributed by atoms with Crippen LogP contribution in [0.25, 0.3) is 0 Å². The fourth-order valence-electron chi connectivity index (χ4n) is 2.74. The van der Waals surface area contributed by atoms with Crippen molar-refractivity contribution >= 4 is 17.4 Å². The van der Waals surface area contributed by atoms with E-state index in [9.17, 15) is 9.59 Å². The molecule has 22 heavy (non-hydrogen) atoms. The van der Waals surface area contributed by atoms with E-state index >= 15 is 0 Å². The van der Waals surface area contributed by atoms with Crippen molar-refractivity contribution in [2.75, 3.05) is 11.9 Å². The minimum absolute atomic E-state index is 0.00825. The first kappa shape index (κ1) is 14.5. The van der Waals surface area contributed by atoms with Crippen molar-refractivity contribution in [1.29, 1.82) is 0 Å². The van der Waals surface area contributed by atoms with E-state index in [2.05, 4.69) is 22.3 Å². The number of nitrogens with one attached hydrogen (secondary N) is 1. The lowest BCUT2D eigenvalue weighted by molar-refractivity contribution is -0.117. The summed E-state index contributed by atoms with van der Waals surface area (Å²) in [5.74, 6) is -0.0698. The maximum absolute atomic E-state index is 12.2. The molecule has 0 atom stereocenters. The zero-order valence-electron chi connectivity index (χ0n) is 12.5. The van der Waals surface area contributed by atoms with Gasteiger partial charge in [0.2, 0.25) is 5.91 Å². The van der Waals surface area contributed by atoms with Crippen LogP contribution in [0.15, 0.2) is 48.5 Å². The lowest BCUT2D eigenvalue weighted by atomic mass is 10.1. The number of carbonyl (C=O) groups excluding carboxylic acids is 2. The van der Waals surface area contributed by atoms with E-state index in [1.807, 2.05) is 12.1 Å². The summed E-state index contributed by atoms with van der Waals surface area (Å²) in [6.45, 7) is 3.47. The highest BCUT2D eigenvalue weighted by Gasteiger charge is 2.20. The highest BCUT2D eigenvalue weighted by atomic mass is 16.2. The number of hydrogen-bond acceptors (Lipinski definition) is 3. The van der Waals surface area contributed by atoms with Crippen molar-refractivity contribution in [2.24, 2.45) is 0 Å². The number of amides is 1. The molecule has 0 unspecified atom stereocenters. The number of anilines is 1. The van der Waals surface area contributed by atoms with Gasteiger partial charge in [-0.25, -0.2) is 0 Å². The van der Waals surface area contributed by atoms with Crippen molar-refractivity contribution in [3.8, 4) is 0 Å². The Labute approximate surface area is 129 Å². The Morgan fingerprint density at radius 1 is 1.05 bits per heavy atom. The predicted molar refractivity (Wildman–Crippen MR) is 85.6 cm³/mol. The molecule has 112 valence electrons. The molecule has 2 aromatic rings. The number of Topliss-reactive ketones (excluding diaryl/α,β-unsaturated/α-hetero) is 1. The highest BCUT2D eigenvalue weighted by Crippen LogP contribution is 2.21. The Bertz CT molecular complexity index is 700. The quantitative estimate of drug-likeness (QED) is 0.882. The Balaban J connectivity index is 1.60. The molecule has 0 spiro atoms. The number of benzene rings is 2. The van der Waals surface area contributed by atoms with E-state index in [1.165, 1.54) is 18.1 Å². The van der Waals surface area contributed by atoms with Gasteiger partial charge in [0, 0.05) is 24.3 Å². The lowest BCUT2D eigenvalue weighted by Gasteiger charge is -2.14. The van der Waals surface area contributed by atoms with Crippen LogP contribution in [0.5, 0.6) is 0 Å². The first-order valence-corrected chi connectivity index (χ1v) is 7.32. The van der Waals surface area contributed by atoms with Gasteiger partial charge < -0.3 is 5.32 Å². The van der Waals surface area contributed by atoms with Crippen LogP contribution in [0, 0.1) is 0 Å². The Morgan fingerprint density at radius 2 is 1.73 bits per heavy atom. The molecule has 0 aromatic heterocycles. The molecule has 0 bridgehead atoms. The van der Waals surface area contributed by atoms with Crippen LogP contribution in [0.3, 0.4) is 0 Å². The summed E-state index contributed by atoms with van der Waals surface area (Å²) in [6, 6.07) is 15.3. The first-order chi connectivity index (χ1) is 10.6. The molecule has 1 amide bonds. The highest BCUT2D eigenvalue weighted by molar-refractivity contribution is 5.97. The maximum Gasteiger partial charge on any atom is 0.238 e. The van der Waals surface area contributed by atoms with E-state index < -0.39 is 0 Å². The molecule has 0 fully saturated rings. The number of fused-ring (bicyclic) bond motifs is 1. The van der Waals surface area contributed by atoms with E-state index in [0.29, 0.717) is 17.8 Å². The maximum atomic E-state index is 12.2. The molecule has 4 nitrogen and oxygen atoms in total.